The number of pyridine rings is 1. The Labute approximate surface area is 150 Å². The van der Waals surface area contributed by atoms with Gasteiger partial charge in [0, 0.05) is 12.7 Å². The van der Waals surface area contributed by atoms with Gasteiger partial charge in [0.2, 0.25) is 0 Å². The highest BCUT2D eigenvalue weighted by Gasteiger charge is 2.14. The van der Waals surface area contributed by atoms with E-state index in [2.05, 4.69) is 68.7 Å². The molecular formula is C20H19BrN2O. The van der Waals surface area contributed by atoms with Gasteiger partial charge in [-0.05, 0) is 51.3 Å². The molecule has 0 aliphatic heterocycles. The maximum atomic E-state index is 5.29. The number of nitrogens with one attached hydrogen (secondary N) is 1. The zero-order valence-corrected chi connectivity index (χ0v) is 15.0. The van der Waals surface area contributed by atoms with Crippen molar-refractivity contribution in [3.05, 3.63) is 94.2 Å². The third kappa shape index (κ3) is 4.02. The SMILES string of the molecule is COc1ccc(CN[C@@H](c2ccccc2)c2ccccn2)cc1Br. The van der Waals surface area contributed by atoms with E-state index in [0.29, 0.717) is 0 Å². The molecule has 0 radical (unpaired) electrons. The molecule has 3 aromatic rings. The fourth-order valence-electron chi connectivity index (χ4n) is 2.63. The first-order chi connectivity index (χ1) is 11.8. The first-order valence-electron chi connectivity index (χ1n) is 7.79. The van der Waals surface area contributed by atoms with Gasteiger partial charge in [0.25, 0.3) is 0 Å². The minimum absolute atomic E-state index is 0.0493. The molecule has 1 heterocycles. The minimum atomic E-state index is 0.0493. The van der Waals surface area contributed by atoms with Crippen molar-refractivity contribution in [2.45, 2.75) is 12.6 Å². The molecule has 0 fully saturated rings. The van der Waals surface area contributed by atoms with E-state index in [4.69, 9.17) is 4.74 Å². The number of hydrogen-bond donors (Lipinski definition) is 1. The normalized spacial score (nSPS) is 11.9. The van der Waals surface area contributed by atoms with Crippen LogP contribution in [0.2, 0.25) is 0 Å². The molecule has 1 N–H and O–H groups in total. The number of methoxy groups -OCH3 is 1. The summed E-state index contributed by atoms with van der Waals surface area (Å²) < 4.78 is 6.24. The lowest BCUT2D eigenvalue weighted by Gasteiger charge is -2.19. The van der Waals surface area contributed by atoms with Crippen molar-refractivity contribution >= 4 is 15.9 Å². The predicted molar refractivity (Wildman–Crippen MR) is 100 cm³/mol. The third-order valence-corrected chi connectivity index (χ3v) is 4.46. The molecule has 2 aromatic carbocycles. The van der Waals surface area contributed by atoms with E-state index in [1.165, 1.54) is 11.1 Å². The van der Waals surface area contributed by atoms with E-state index < -0.39 is 0 Å². The number of aromatic nitrogens is 1. The van der Waals surface area contributed by atoms with Gasteiger partial charge in [-0.15, -0.1) is 0 Å². The molecule has 0 spiro atoms. The van der Waals surface area contributed by atoms with Crippen LogP contribution in [0.5, 0.6) is 5.75 Å². The Hall–Kier alpha value is -2.17. The van der Waals surface area contributed by atoms with Crippen molar-refractivity contribution in [2.24, 2.45) is 0 Å². The number of nitrogens with zero attached hydrogens (tertiary/aromatic N) is 1. The van der Waals surface area contributed by atoms with Crippen molar-refractivity contribution in [3.63, 3.8) is 0 Å². The van der Waals surface area contributed by atoms with E-state index in [-0.39, 0.29) is 6.04 Å². The maximum absolute atomic E-state index is 5.29. The molecule has 4 heteroatoms. The molecule has 3 rings (SSSR count). The number of ether oxygens (including phenoxy) is 1. The van der Waals surface area contributed by atoms with Crippen LogP contribution < -0.4 is 10.1 Å². The van der Waals surface area contributed by atoms with Gasteiger partial charge in [-0.1, -0.05) is 42.5 Å². The average Bonchev–Trinajstić information content (AvgIpc) is 2.64. The van der Waals surface area contributed by atoms with E-state index in [0.717, 1.165) is 22.5 Å². The Kier molecular flexibility index (Phi) is 5.62. The van der Waals surface area contributed by atoms with Crippen molar-refractivity contribution < 1.29 is 4.74 Å². The Bertz CT molecular complexity index is 739. The topological polar surface area (TPSA) is 34.1 Å². The number of hydrogen-bond acceptors (Lipinski definition) is 3. The largest absolute Gasteiger partial charge is 0.496 e. The van der Waals surface area contributed by atoms with Crippen LogP contribution in [0.1, 0.15) is 22.9 Å². The summed E-state index contributed by atoms with van der Waals surface area (Å²) in [5, 5.41) is 3.61. The van der Waals surface area contributed by atoms with Gasteiger partial charge in [0.15, 0.2) is 0 Å². The molecule has 1 aromatic heterocycles. The van der Waals surface area contributed by atoms with Crippen LogP contribution in [-0.2, 0) is 6.54 Å². The van der Waals surface area contributed by atoms with Gasteiger partial charge in [0.1, 0.15) is 5.75 Å². The second-order valence-corrected chi connectivity index (χ2v) is 6.30. The van der Waals surface area contributed by atoms with Crippen LogP contribution >= 0.6 is 15.9 Å². The standard InChI is InChI=1S/C20H19BrN2O/c1-24-19-11-10-15(13-17(19)21)14-23-20(16-7-3-2-4-8-16)18-9-5-6-12-22-18/h2-13,20,23H,14H2,1H3/t20-/m0/s1. The van der Waals surface area contributed by atoms with Gasteiger partial charge < -0.3 is 10.1 Å². The Morgan fingerprint density at radius 1 is 1.04 bits per heavy atom. The van der Waals surface area contributed by atoms with Gasteiger partial charge >= 0.3 is 0 Å². The molecule has 0 aliphatic rings. The molecule has 0 amide bonds. The summed E-state index contributed by atoms with van der Waals surface area (Å²) in [6.45, 7) is 0.735. The maximum Gasteiger partial charge on any atom is 0.133 e. The quantitative estimate of drug-likeness (QED) is 0.668. The molecule has 24 heavy (non-hydrogen) atoms. The average molecular weight is 383 g/mol. The zero-order valence-electron chi connectivity index (χ0n) is 13.4. The predicted octanol–water partition coefficient (Wildman–Crippen LogP) is 4.73. The smallest absolute Gasteiger partial charge is 0.133 e. The fourth-order valence-corrected chi connectivity index (χ4v) is 3.21. The first-order valence-corrected chi connectivity index (χ1v) is 8.59. The van der Waals surface area contributed by atoms with Gasteiger partial charge in [0.05, 0.1) is 23.3 Å². The van der Waals surface area contributed by atoms with E-state index in [1.54, 1.807) is 7.11 Å². The van der Waals surface area contributed by atoms with Crippen molar-refractivity contribution in [1.82, 2.24) is 10.3 Å². The fraction of sp³-hybridized carbons (Fsp3) is 0.150. The summed E-state index contributed by atoms with van der Waals surface area (Å²) in [7, 11) is 1.67. The van der Waals surface area contributed by atoms with Crippen LogP contribution in [0.25, 0.3) is 0 Å². The van der Waals surface area contributed by atoms with Crippen molar-refractivity contribution in [3.8, 4) is 5.75 Å². The molecular weight excluding hydrogens is 364 g/mol. The van der Waals surface area contributed by atoms with Crippen molar-refractivity contribution in [1.29, 1.82) is 0 Å². The Morgan fingerprint density at radius 2 is 1.83 bits per heavy atom. The van der Waals surface area contributed by atoms with E-state index in [9.17, 15) is 0 Å². The third-order valence-electron chi connectivity index (χ3n) is 3.84. The second kappa shape index (κ2) is 8.08. The summed E-state index contributed by atoms with van der Waals surface area (Å²) in [5.74, 6) is 0.836. The lowest BCUT2D eigenvalue weighted by Crippen LogP contribution is -2.22. The molecule has 0 unspecified atom stereocenters. The highest BCUT2D eigenvalue weighted by Crippen LogP contribution is 2.26. The molecule has 0 aliphatic carbocycles. The summed E-state index contributed by atoms with van der Waals surface area (Å²) in [6, 6.07) is 22.5. The lowest BCUT2D eigenvalue weighted by atomic mass is 10.0. The molecule has 3 nitrogen and oxygen atoms in total. The summed E-state index contributed by atoms with van der Waals surface area (Å²) in [4.78, 5) is 4.52. The Morgan fingerprint density at radius 3 is 2.50 bits per heavy atom. The summed E-state index contributed by atoms with van der Waals surface area (Å²) >= 11 is 3.54. The van der Waals surface area contributed by atoms with E-state index >= 15 is 0 Å². The first kappa shape index (κ1) is 16.7. The molecule has 1 atom stereocenters. The molecule has 0 saturated carbocycles. The van der Waals surface area contributed by atoms with Crippen LogP contribution in [0.3, 0.4) is 0 Å². The minimum Gasteiger partial charge on any atom is -0.496 e. The van der Waals surface area contributed by atoms with Crippen LogP contribution in [0, 0.1) is 0 Å². The number of halogens is 1. The number of rotatable bonds is 6. The van der Waals surface area contributed by atoms with E-state index in [1.807, 2.05) is 30.5 Å². The summed E-state index contributed by atoms with van der Waals surface area (Å²) in [5.41, 5.74) is 3.39. The molecule has 0 bridgehead atoms. The summed E-state index contributed by atoms with van der Waals surface area (Å²) in [6.07, 6.45) is 1.83. The van der Waals surface area contributed by atoms with Gasteiger partial charge in [-0.3, -0.25) is 4.98 Å². The second-order valence-electron chi connectivity index (χ2n) is 5.45. The Balaban J connectivity index is 1.81. The van der Waals surface area contributed by atoms with Crippen molar-refractivity contribution in [2.75, 3.05) is 7.11 Å². The van der Waals surface area contributed by atoms with Crippen LogP contribution in [0.4, 0.5) is 0 Å². The monoisotopic (exact) mass is 382 g/mol. The van der Waals surface area contributed by atoms with Gasteiger partial charge in [-0.2, -0.15) is 0 Å². The number of benzene rings is 2. The van der Waals surface area contributed by atoms with Gasteiger partial charge in [-0.25, -0.2) is 0 Å². The lowest BCUT2D eigenvalue weighted by molar-refractivity contribution is 0.412. The van der Waals surface area contributed by atoms with Crippen LogP contribution in [0.15, 0.2) is 77.4 Å². The molecule has 0 saturated heterocycles. The highest BCUT2D eigenvalue weighted by atomic mass is 79.9. The van der Waals surface area contributed by atoms with Crippen LogP contribution in [-0.4, -0.2) is 12.1 Å². The highest BCUT2D eigenvalue weighted by molar-refractivity contribution is 9.10. The molecule has 122 valence electrons. The zero-order chi connectivity index (χ0) is 16.8.